The highest BCUT2D eigenvalue weighted by atomic mass is 16.6. The van der Waals surface area contributed by atoms with Gasteiger partial charge in [-0.1, -0.05) is 76.6 Å². The average molecular weight is 597 g/mol. The molecule has 0 heterocycles. The Balaban J connectivity index is 2.22. The molecule has 10 nitrogen and oxygen atoms in total. The molecule has 10 heteroatoms. The fourth-order valence-corrected chi connectivity index (χ4v) is 4.29. The second-order valence-electron chi connectivity index (χ2n) is 12.3. The van der Waals surface area contributed by atoms with Gasteiger partial charge in [0.2, 0.25) is 17.7 Å². The summed E-state index contributed by atoms with van der Waals surface area (Å²) >= 11 is 0. The van der Waals surface area contributed by atoms with Gasteiger partial charge in [-0.25, -0.2) is 4.79 Å². The molecule has 0 unspecified atom stereocenters. The minimum atomic E-state index is -1.05. The number of ether oxygens (including phenoxy) is 2. The Hall–Kier alpha value is -4.08. The number of hydrogen-bond donors (Lipinski definition) is 4. The summed E-state index contributed by atoms with van der Waals surface area (Å²) in [5.74, 6) is -1.20. The number of benzene rings is 2. The SMILES string of the molecule is CC[C@H](C)[C@H](NC(=O)[C@@H](Cc1ccc(OCc2ccccc2)cc1)NC(=O)OC(C)(C)C)C(=O)N[C@H](CC(C)C)C(N)=O. The number of nitrogens with two attached hydrogens (primary N) is 1. The molecule has 0 saturated heterocycles. The van der Waals surface area contributed by atoms with E-state index in [-0.39, 0.29) is 18.3 Å². The van der Waals surface area contributed by atoms with Crippen LogP contribution in [0.1, 0.15) is 72.4 Å². The van der Waals surface area contributed by atoms with Crippen LogP contribution in [0.2, 0.25) is 0 Å². The number of nitrogens with one attached hydrogen (secondary N) is 3. The fourth-order valence-electron chi connectivity index (χ4n) is 4.29. The number of amides is 4. The van der Waals surface area contributed by atoms with E-state index in [1.165, 1.54) is 0 Å². The molecular weight excluding hydrogens is 548 g/mol. The molecule has 43 heavy (non-hydrogen) atoms. The molecule has 0 saturated carbocycles. The molecule has 2 aromatic rings. The molecule has 0 aliphatic carbocycles. The van der Waals surface area contributed by atoms with Crippen molar-refractivity contribution in [2.75, 3.05) is 0 Å². The zero-order chi connectivity index (χ0) is 32.2. The third kappa shape index (κ3) is 12.8. The highest BCUT2D eigenvalue weighted by molar-refractivity contribution is 5.93. The number of hydrogen-bond acceptors (Lipinski definition) is 6. The van der Waals surface area contributed by atoms with Crippen LogP contribution >= 0.6 is 0 Å². The number of carbonyl (C=O) groups excluding carboxylic acids is 4. The maximum Gasteiger partial charge on any atom is 0.408 e. The minimum absolute atomic E-state index is 0.118. The van der Waals surface area contributed by atoms with Crippen molar-refractivity contribution in [3.05, 3.63) is 65.7 Å². The Kier molecular flexibility index (Phi) is 13.5. The van der Waals surface area contributed by atoms with Crippen LogP contribution < -0.4 is 26.4 Å². The molecule has 2 rings (SSSR count). The maximum atomic E-state index is 13.6. The molecule has 0 aromatic heterocycles. The lowest BCUT2D eigenvalue weighted by molar-refractivity contribution is -0.133. The summed E-state index contributed by atoms with van der Waals surface area (Å²) in [5.41, 5.74) is 6.56. The third-order valence-electron chi connectivity index (χ3n) is 6.78. The molecule has 0 radical (unpaired) electrons. The zero-order valence-corrected chi connectivity index (χ0v) is 26.4. The van der Waals surface area contributed by atoms with Crippen molar-refractivity contribution in [1.82, 2.24) is 16.0 Å². The van der Waals surface area contributed by atoms with Crippen LogP contribution in [0.15, 0.2) is 54.6 Å². The van der Waals surface area contributed by atoms with Gasteiger partial charge in [0.1, 0.15) is 36.1 Å². The topological polar surface area (TPSA) is 149 Å². The number of alkyl carbamates (subject to hydrolysis) is 1. The predicted molar refractivity (Wildman–Crippen MR) is 166 cm³/mol. The van der Waals surface area contributed by atoms with E-state index in [9.17, 15) is 19.2 Å². The quantitative estimate of drug-likeness (QED) is 0.242. The van der Waals surface area contributed by atoms with Gasteiger partial charge in [0.25, 0.3) is 0 Å². The van der Waals surface area contributed by atoms with E-state index in [4.69, 9.17) is 15.2 Å². The van der Waals surface area contributed by atoms with Crippen molar-refractivity contribution in [1.29, 1.82) is 0 Å². The summed E-state index contributed by atoms with van der Waals surface area (Å²) in [6.07, 6.45) is 0.329. The minimum Gasteiger partial charge on any atom is -0.489 e. The van der Waals surface area contributed by atoms with E-state index in [0.29, 0.717) is 25.2 Å². The lowest BCUT2D eigenvalue weighted by Gasteiger charge is -2.29. The van der Waals surface area contributed by atoms with Crippen molar-refractivity contribution < 1.29 is 28.7 Å². The first kappa shape index (κ1) is 35.1. The molecule has 0 spiro atoms. The lowest BCUT2D eigenvalue weighted by atomic mass is 9.96. The van der Waals surface area contributed by atoms with Gasteiger partial charge in [0, 0.05) is 6.42 Å². The summed E-state index contributed by atoms with van der Waals surface area (Å²) in [4.78, 5) is 51.6. The highest BCUT2D eigenvalue weighted by Crippen LogP contribution is 2.17. The molecule has 2 aromatic carbocycles. The van der Waals surface area contributed by atoms with Crippen LogP contribution in [0.4, 0.5) is 4.79 Å². The van der Waals surface area contributed by atoms with E-state index in [2.05, 4.69) is 16.0 Å². The van der Waals surface area contributed by atoms with Crippen molar-refractivity contribution >= 4 is 23.8 Å². The van der Waals surface area contributed by atoms with Crippen LogP contribution in [-0.2, 0) is 32.1 Å². The van der Waals surface area contributed by atoms with Crippen LogP contribution in [0.3, 0.4) is 0 Å². The van der Waals surface area contributed by atoms with Crippen molar-refractivity contribution in [3.8, 4) is 5.75 Å². The summed E-state index contributed by atoms with van der Waals surface area (Å²) in [5, 5.41) is 8.17. The Morgan fingerprint density at radius 2 is 1.44 bits per heavy atom. The maximum absolute atomic E-state index is 13.6. The van der Waals surface area contributed by atoms with Crippen molar-refractivity contribution in [2.45, 2.75) is 98.1 Å². The van der Waals surface area contributed by atoms with E-state index in [1.54, 1.807) is 32.9 Å². The van der Waals surface area contributed by atoms with Gasteiger partial charge in [0.05, 0.1) is 0 Å². The van der Waals surface area contributed by atoms with E-state index >= 15 is 0 Å². The smallest absolute Gasteiger partial charge is 0.408 e. The second-order valence-corrected chi connectivity index (χ2v) is 12.3. The standard InChI is InChI=1S/C33H48N4O6/c1-8-22(4)28(31(40)35-26(29(34)38)18-21(2)3)37-30(39)27(36-32(41)43-33(5,6)7)19-23-14-16-25(17-15-23)42-20-24-12-10-9-11-13-24/h9-17,21-22,26-28H,8,18-20H2,1-7H3,(H2,34,38)(H,35,40)(H,36,41)(H,37,39)/t22-,26+,27+,28-/m0/s1. The van der Waals surface area contributed by atoms with Gasteiger partial charge in [-0.2, -0.15) is 0 Å². The Labute approximate surface area is 255 Å². The summed E-state index contributed by atoms with van der Waals surface area (Å²) < 4.78 is 11.3. The van der Waals surface area contributed by atoms with E-state index < -0.39 is 47.5 Å². The number of primary amides is 1. The molecule has 4 amide bonds. The van der Waals surface area contributed by atoms with E-state index in [1.807, 2.05) is 70.2 Å². The average Bonchev–Trinajstić information content (AvgIpc) is 2.93. The summed E-state index contributed by atoms with van der Waals surface area (Å²) in [6.45, 7) is 13.2. The third-order valence-corrected chi connectivity index (χ3v) is 6.78. The molecular formula is C33H48N4O6. The van der Waals surface area contributed by atoms with Gasteiger partial charge >= 0.3 is 6.09 Å². The van der Waals surface area contributed by atoms with Crippen molar-refractivity contribution in [3.63, 3.8) is 0 Å². The number of carbonyl (C=O) groups is 4. The first-order valence-corrected chi connectivity index (χ1v) is 14.8. The van der Waals surface area contributed by atoms with Gasteiger partial charge in [0.15, 0.2) is 0 Å². The molecule has 5 N–H and O–H groups in total. The molecule has 4 atom stereocenters. The Morgan fingerprint density at radius 3 is 1.98 bits per heavy atom. The zero-order valence-electron chi connectivity index (χ0n) is 26.4. The van der Waals surface area contributed by atoms with Gasteiger partial charge in [-0.3, -0.25) is 14.4 Å². The van der Waals surface area contributed by atoms with Gasteiger partial charge in [-0.15, -0.1) is 0 Å². The Morgan fingerprint density at radius 1 is 0.814 bits per heavy atom. The first-order chi connectivity index (χ1) is 20.2. The molecule has 0 aliphatic heterocycles. The lowest BCUT2D eigenvalue weighted by Crippen LogP contribution is -2.58. The monoisotopic (exact) mass is 596 g/mol. The summed E-state index contributed by atoms with van der Waals surface area (Å²) in [6, 6.07) is 14.2. The predicted octanol–water partition coefficient (Wildman–Crippen LogP) is 4.25. The van der Waals surface area contributed by atoms with Crippen molar-refractivity contribution in [2.24, 2.45) is 17.6 Å². The fraction of sp³-hybridized carbons (Fsp3) is 0.515. The first-order valence-electron chi connectivity index (χ1n) is 14.8. The van der Waals surface area contributed by atoms with Gasteiger partial charge in [-0.05, 0) is 62.3 Å². The van der Waals surface area contributed by atoms with Gasteiger partial charge < -0.3 is 31.2 Å². The molecule has 0 aliphatic rings. The van der Waals surface area contributed by atoms with Crippen LogP contribution in [-0.4, -0.2) is 47.5 Å². The number of rotatable bonds is 15. The molecule has 0 bridgehead atoms. The largest absolute Gasteiger partial charge is 0.489 e. The second kappa shape index (κ2) is 16.5. The molecule has 236 valence electrons. The molecule has 0 fully saturated rings. The Bertz CT molecular complexity index is 1190. The van der Waals surface area contributed by atoms with Crippen LogP contribution in [0.5, 0.6) is 5.75 Å². The highest BCUT2D eigenvalue weighted by Gasteiger charge is 2.33. The van der Waals surface area contributed by atoms with E-state index in [0.717, 1.165) is 11.1 Å². The van der Waals surface area contributed by atoms with Crippen LogP contribution in [0.25, 0.3) is 0 Å². The normalized spacial score (nSPS) is 14.1. The summed E-state index contributed by atoms with van der Waals surface area (Å²) in [7, 11) is 0. The van der Waals surface area contributed by atoms with Crippen LogP contribution in [0, 0.1) is 11.8 Å².